The average Bonchev–Trinajstić information content (AvgIpc) is 2.42. The molecule has 0 saturated carbocycles. The van der Waals surface area contributed by atoms with Crippen LogP contribution in [0.1, 0.15) is 23.7 Å². The Morgan fingerprint density at radius 3 is 2.53 bits per heavy atom. The van der Waals surface area contributed by atoms with E-state index < -0.39 is 0 Å². The lowest BCUT2D eigenvalue weighted by Crippen LogP contribution is -2.37. The Balaban J connectivity index is 2.73. The summed E-state index contributed by atoms with van der Waals surface area (Å²) in [7, 11) is 4.00. The van der Waals surface area contributed by atoms with Gasteiger partial charge in [0.1, 0.15) is 5.82 Å². The molecule has 0 aliphatic heterocycles. The van der Waals surface area contributed by atoms with E-state index >= 15 is 0 Å². The quantitative estimate of drug-likeness (QED) is 0.563. The number of nitrogens with one attached hydrogen (secondary N) is 1. The zero-order valence-electron chi connectivity index (χ0n) is 11.9. The van der Waals surface area contributed by atoms with Crippen LogP contribution in [0.15, 0.2) is 18.3 Å². The number of anilines is 1. The van der Waals surface area contributed by atoms with Crippen LogP contribution in [0, 0.1) is 0 Å². The van der Waals surface area contributed by atoms with Crippen LogP contribution in [0.2, 0.25) is 0 Å². The van der Waals surface area contributed by atoms with E-state index in [0.29, 0.717) is 11.4 Å². The number of nitrogens with two attached hydrogens (primary N) is 1. The van der Waals surface area contributed by atoms with Gasteiger partial charge in [-0.05, 0) is 32.6 Å². The molecule has 0 bridgehead atoms. The third kappa shape index (κ3) is 4.84. The summed E-state index contributed by atoms with van der Waals surface area (Å²) in [4.78, 5) is 20.3. The van der Waals surface area contributed by atoms with Crippen LogP contribution >= 0.6 is 0 Å². The standard InChI is InChI=1S/C13H23N5O/c1-4-7-18(9-8-17(2)3)13(19)11-5-6-12(16-14)15-10-11/h5-6,10H,4,7-9,14H2,1-3H3,(H,15,16). The SMILES string of the molecule is CCCN(CCN(C)C)C(=O)c1ccc(NN)nc1. The van der Waals surface area contributed by atoms with Gasteiger partial charge in [0, 0.05) is 25.8 Å². The fraction of sp³-hybridized carbons (Fsp3) is 0.538. The summed E-state index contributed by atoms with van der Waals surface area (Å²) in [6.45, 7) is 4.39. The van der Waals surface area contributed by atoms with Crippen LogP contribution in [0.4, 0.5) is 5.82 Å². The first kappa shape index (κ1) is 15.4. The molecule has 0 atom stereocenters. The van der Waals surface area contributed by atoms with Crippen molar-refractivity contribution >= 4 is 11.7 Å². The number of pyridine rings is 1. The minimum absolute atomic E-state index is 0.0137. The van der Waals surface area contributed by atoms with Crippen LogP contribution in [0.25, 0.3) is 0 Å². The molecular formula is C13H23N5O. The summed E-state index contributed by atoms with van der Waals surface area (Å²) in [5.41, 5.74) is 3.03. The normalized spacial score (nSPS) is 10.6. The van der Waals surface area contributed by atoms with Crippen molar-refractivity contribution in [2.24, 2.45) is 5.84 Å². The van der Waals surface area contributed by atoms with Crippen LogP contribution in [0.3, 0.4) is 0 Å². The molecule has 0 spiro atoms. The summed E-state index contributed by atoms with van der Waals surface area (Å²) in [6, 6.07) is 3.44. The number of likely N-dealkylation sites (N-methyl/N-ethyl adjacent to an activating group) is 1. The molecule has 1 heterocycles. The van der Waals surface area contributed by atoms with Gasteiger partial charge in [-0.15, -0.1) is 0 Å². The van der Waals surface area contributed by atoms with Gasteiger partial charge in [0.05, 0.1) is 5.56 Å². The smallest absolute Gasteiger partial charge is 0.255 e. The van der Waals surface area contributed by atoms with E-state index in [0.717, 1.165) is 26.1 Å². The Kier molecular flexibility index (Phi) is 6.24. The largest absolute Gasteiger partial charge is 0.337 e. The fourth-order valence-electron chi connectivity index (χ4n) is 1.69. The van der Waals surface area contributed by atoms with Gasteiger partial charge in [0.15, 0.2) is 0 Å². The summed E-state index contributed by atoms with van der Waals surface area (Å²) in [5, 5.41) is 0. The average molecular weight is 265 g/mol. The number of hydrazine groups is 1. The summed E-state index contributed by atoms with van der Waals surface area (Å²) >= 11 is 0. The first-order valence-corrected chi connectivity index (χ1v) is 6.45. The van der Waals surface area contributed by atoms with Gasteiger partial charge >= 0.3 is 0 Å². The minimum Gasteiger partial charge on any atom is -0.337 e. The van der Waals surface area contributed by atoms with Gasteiger partial charge in [-0.1, -0.05) is 6.92 Å². The van der Waals surface area contributed by atoms with Crippen molar-refractivity contribution in [1.82, 2.24) is 14.8 Å². The first-order valence-electron chi connectivity index (χ1n) is 6.45. The van der Waals surface area contributed by atoms with Crippen molar-refractivity contribution in [2.75, 3.05) is 39.2 Å². The van der Waals surface area contributed by atoms with Crippen LogP contribution in [-0.2, 0) is 0 Å². The highest BCUT2D eigenvalue weighted by atomic mass is 16.2. The minimum atomic E-state index is 0.0137. The Morgan fingerprint density at radius 1 is 1.32 bits per heavy atom. The lowest BCUT2D eigenvalue weighted by Gasteiger charge is -2.24. The zero-order valence-corrected chi connectivity index (χ0v) is 11.9. The molecule has 1 rings (SSSR count). The molecule has 3 N–H and O–H groups in total. The van der Waals surface area contributed by atoms with E-state index in [-0.39, 0.29) is 5.91 Å². The van der Waals surface area contributed by atoms with Gasteiger partial charge in [0.25, 0.3) is 5.91 Å². The van der Waals surface area contributed by atoms with Crippen LogP contribution in [-0.4, -0.2) is 54.4 Å². The van der Waals surface area contributed by atoms with Crippen LogP contribution in [0.5, 0.6) is 0 Å². The van der Waals surface area contributed by atoms with Crippen molar-refractivity contribution in [3.05, 3.63) is 23.9 Å². The molecule has 19 heavy (non-hydrogen) atoms. The lowest BCUT2D eigenvalue weighted by molar-refractivity contribution is 0.0744. The van der Waals surface area contributed by atoms with E-state index in [4.69, 9.17) is 5.84 Å². The van der Waals surface area contributed by atoms with Crippen molar-refractivity contribution in [2.45, 2.75) is 13.3 Å². The molecule has 6 nitrogen and oxygen atoms in total. The van der Waals surface area contributed by atoms with Gasteiger partial charge in [-0.25, -0.2) is 10.8 Å². The highest BCUT2D eigenvalue weighted by Crippen LogP contribution is 2.08. The predicted molar refractivity (Wildman–Crippen MR) is 76.8 cm³/mol. The number of nitrogen functional groups attached to an aromatic ring is 1. The van der Waals surface area contributed by atoms with Crippen molar-refractivity contribution in [1.29, 1.82) is 0 Å². The fourth-order valence-corrected chi connectivity index (χ4v) is 1.69. The molecule has 0 aliphatic carbocycles. The Morgan fingerprint density at radius 2 is 2.05 bits per heavy atom. The number of aromatic nitrogens is 1. The Labute approximate surface area is 114 Å². The molecule has 0 unspecified atom stereocenters. The summed E-state index contributed by atoms with van der Waals surface area (Å²) in [5.74, 6) is 5.81. The maximum Gasteiger partial charge on any atom is 0.255 e. The second-order valence-corrected chi connectivity index (χ2v) is 4.67. The number of hydrogen-bond donors (Lipinski definition) is 2. The monoisotopic (exact) mass is 265 g/mol. The van der Waals surface area contributed by atoms with Gasteiger partial charge < -0.3 is 15.2 Å². The van der Waals surface area contributed by atoms with Crippen molar-refractivity contribution < 1.29 is 4.79 Å². The summed E-state index contributed by atoms with van der Waals surface area (Å²) in [6.07, 6.45) is 2.49. The predicted octanol–water partition coefficient (Wildman–Crippen LogP) is 0.781. The van der Waals surface area contributed by atoms with Gasteiger partial charge in [0.2, 0.25) is 0 Å². The van der Waals surface area contributed by atoms with E-state index in [1.807, 2.05) is 19.0 Å². The number of amides is 1. The molecule has 1 amide bonds. The van der Waals surface area contributed by atoms with Crippen LogP contribution < -0.4 is 11.3 Å². The maximum atomic E-state index is 12.4. The third-order valence-electron chi connectivity index (χ3n) is 2.76. The van der Waals surface area contributed by atoms with E-state index in [2.05, 4.69) is 22.2 Å². The maximum absolute atomic E-state index is 12.4. The zero-order chi connectivity index (χ0) is 14.3. The second kappa shape index (κ2) is 7.70. The molecule has 0 radical (unpaired) electrons. The van der Waals surface area contributed by atoms with Gasteiger partial charge in [-0.2, -0.15) is 0 Å². The number of carbonyl (C=O) groups is 1. The topological polar surface area (TPSA) is 74.5 Å². The molecule has 106 valence electrons. The van der Waals surface area contributed by atoms with E-state index in [1.165, 1.54) is 0 Å². The van der Waals surface area contributed by atoms with E-state index in [9.17, 15) is 4.79 Å². The number of nitrogens with zero attached hydrogens (tertiary/aromatic N) is 3. The number of rotatable bonds is 7. The van der Waals surface area contributed by atoms with Gasteiger partial charge in [-0.3, -0.25) is 4.79 Å². The van der Waals surface area contributed by atoms with E-state index in [1.54, 1.807) is 18.3 Å². The highest BCUT2D eigenvalue weighted by molar-refractivity contribution is 5.94. The second-order valence-electron chi connectivity index (χ2n) is 4.67. The first-order chi connectivity index (χ1) is 9.08. The molecule has 0 saturated heterocycles. The molecular weight excluding hydrogens is 242 g/mol. The Hall–Kier alpha value is -1.66. The molecule has 1 aromatic rings. The highest BCUT2D eigenvalue weighted by Gasteiger charge is 2.15. The van der Waals surface area contributed by atoms with Crippen molar-refractivity contribution in [3.8, 4) is 0 Å². The molecule has 0 aliphatic rings. The third-order valence-corrected chi connectivity index (χ3v) is 2.76. The molecule has 0 aromatic carbocycles. The number of hydrogen-bond acceptors (Lipinski definition) is 5. The Bertz CT molecular complexity index is 391. The lowest BCUT2D eigenvalue weighted by atomic mass is 10.2. The molecule has 0 fully saturated rings. The number of carbonyl (C=O) groups excluding carboxylic acids is 1. The van der Waals surface area contributed by atoms with Crippen molar-refractivity contribution in [3.63, 3.8) is 0 Å². The molecule has 1 aromatic heterocycles. The summed E-state index contributed by atoms with van der Waals surface area (Å²) < 4.78 is 0. The molecule has 6 heteroatoms.